The molecule has 0 bridgehead atoms. The van der Waals surface area contributed by atoms with Gasteiger partial charge >= 0.3 is 0 Å². The highest BCUT2D eigenvalue weighted by molar-refractivity contribution is 5.89. The van der Waals surface area contributed by atoms with Gasteiger partial charge in [0.15, 0.2) is 5.82 Å². The molecule has 0 aliphatic carbocycles. The summed E-state index contributed by atoms with van der Waals surface area (Å²) in [4.78, 5) is 24.2. The number of nitrogens with zero attached hydrogens (tertiary/aromatic N) is 3. The van der Waals surface area contributed by atoms with E-state index in [1.165, 1.54) is 6.07 Å². The Balaban J connectivity index is 1.75. The van der Waals surface area contributed by atoms with Crippen molar-refractivity contribution in [3.05, 3.63) is 64.6 Å². The van der Waals surface area contributed by atoms with Gasteiger partial charge in [-0.15, -0.1) is 0 Å². The van der Waals surface area contributed by atoms with Crippen molar-refractivity contribution in [1.29, 1.82) is 0 Å². The van der Waals surface area contributed by atoms with Crippen molar-refractivity contribution < 1.29 is 4.79 Å². The van der Waals surface area contributed by atoms with E-state index in [1.807, 2.05) is 44.2 Å². The Bertz CT molecular complexity index is 928. The smallest absolute Gasteiger partial charge is 0.267 e. The normalized spacial score (nSPS) is 10.8. The number of anilines is 1. The van der Waals surface area contributed by atoms with E-state index < -0.39 is 0 Å². The van der Waals surface area contributed by atoms with E-state index in [4.69, 9.17) is 0 Å². The molecule has 7 nitrogen and oxygen atoms in total. The van der Waals surface area contributed by atoms with Gasteiger partial charge in [-0.05, 0) is 12.0 Å². The average Bonchev–Trinajstić information content (AvgIpc) is 3.06. The van der Waals surface area contributed by atoms with Gasteiger partial charge in [-0.3, -0.25) is 14.7 Å². The van der Waals surface area contributed by atoms with Crippen LogP contribution in [0.1, 0.15) is 25.5 Å². The summed E-state index contributed by atoms with van der Waals surface area (Å²) in [7, 11) is 0. The van der Waals surface area contributed by atoms with Crippen LogP contribution < -0.4 is 10.9 Å². The molecule has 2 N–H and O–H groups in total. The maximum Gasteiger partial charge on any atom is 0.267 e. The number of benzene rings is 1. The van der Waals surface area contributed by atoms with Crippen LogP contribution in [0.3, 0.4) is 0 Å². The first-order chi connectivity index (χ1) is 12.0. The molecule has 0 aliphatic rings. The lowest BCUT2D eigenvalue weighted by molar-refractivity contribution is -0.117. The third-order valence-corrected chi connectivity index (χ3v) is 3.72. The van der Waals surface area contributed by atoms with Gasteiger partial charge in [0.05, 0.1) is 5.69 Å². The number of aromatic amines is 1. The fourth-order valence-corrected chi connectivity index (χ4v) is 2.34. The van der Waals surface area contributed by atoms with Crippen molar-refractivity contribution in [2.75, 3.05) is 5.32 Å². The molecule has 3 rings (SSSR count). The first kappa shape index (κ1) is 16.6. The zero-order valence-electron chi connectivity index (χ0n) is 14.1. The molecule has 0 fully saturated rings. The van der Waals surface area contributed by atoms with E-state index in [1.54, 1.807) is 12.1 Å². The summed E-state index contributed by atoms with van der Waals surface area (Å²) in [5, 5.41) is 13.9. The number of hydrogen-bond acceptors (Lipinski definition) is 4. The van der Waals surface area contributed by atoms with E-state index in [9.17, 15) is 9.59 Å². The van der Waals surface area contributed by atoms with Crippen LogP contribution in [0, 0.1) is 0 Å². The molecule has 0 unspecified atom stereocenters. The van der Waals surface area contributed by atoms with Crippen LogP contribution in [-0.2, 0) is 11.3 Å². The van der Waals surface area contributed by atoms with Crippen LogP contribution >= 0.6 is 0 Å². The summed E-state index contributed by atoms with van der Waals surface area (Å²) < 4.78 is 1.15. The molecular weight excluding hydrogens is 318 g/mol. The quantitative estimate of drug-likeness (QED) is 0.748. The second-order valence-corrected chi connectivity index (χ2v) is 5.99. The molecule has 0 radical (unpaired) electrons. The summed E-state index contributed by atoms with van der Waals surface area (Å²) in [5.74, 6) is 0.354. The maximum atomic E-state index is 12.2. The number of rotatable bonds is 5. The van der Waals surface area contributed by atoms with Gasteiger partial charge in [0.1, 0.15) is 6.54 Å². The van der Waals surface area contributed by atoms with E-state index in [2.05, 4.69) is 20.6 Å². The number of H-pyrrole nitrogens is 1. The highest BCUT2D eigenvalue weighted by atomic mass is 16.2. The average molecular weight is 337 g/mol. The van der Waals surface area contributed by atoms with E-state index in [0.29, 0.717) is 11.5 Å². The Hall–Kier alpha value is -3.22. The lowest BCUT2D eigenvalue weighted by Crippen LogP contribution is -2.29. The second-order valence-electron chi connectivity index (χ2n) is 5.99. The van der Waals surface area contributed by atoms with Gasteiger partial charge < -0.3 is 5.32 Å². The third kappa shape index (κ3) is 4.00. The van der Waals surface area contributed by atoms with Gasteiger partial charge in [-0.2, -0.15) is 10.2 Å². The van der Waals surface area contributed by atoms with Gasteiger partial charge in [-0.1, -0.05) is 44.2 Å². The lowest BCUT2D eigenvalue weighted by atomic mass is 10.1. The summed E-state index contributed by atoms with van der Waals surface area (Å²) >= 11 is 0. The van der Waals surface area contributed by atoms with Gasteiger partial charge in [-0.25, -0.2) is 4.68 Å². The zero-order valence-corrected chi connectivity index (χ0v) is 14.1. The minimum atomic E-state index is -0.360. The van der Waals surface area contributed by atoms with E-state index in [-0.39, 0.29) is 23.9 Å². The van der Waals surface area contributed by atoms with Crippen LogP contribution in [-0.4, -0.2) is 25.9 Å². The van der Waals surface area contributed by atoms with E-state index >= 15 is 0 Å². The largest absolute Gasteiger partial charge is 0.308 e. The second kappa shape index (κ2) is 7.12. The predicted octanol–water partition coefficient (Wildman–Crippen LogP) is 2.40. The number of amides is 1. The number of carbonyl (C=O) groups is 1. The highest BCUT2D eigenvalue weighted by Gasteiger charge is 2.11. The summed E-state index contributed by atoms with van der Waals surface area (Å²) in [5.41, 5.74) is 2.11. The Labute approximate surface area is 144 Å². The van der Waals surface area contributed by atoms with Gasteiger partial charge in [0, 0.05) is 23.4 Å². The Morgan fingerprint density at radius 2 is 1.96 bits per heavy atom. The third-order valence-electron chi connectivity index (χ3n) is 3.72. The Morgan fingerprint density at radius 3 is 2.64 bits per heavy atom. The SMILES string of the molecule is CC(C)c1cc(NC(=O)Cn2nc(-c3ccccc3)ccc2=O)n[nH]1. The molecule has 1 amide bonds. The number of carbonyl (C=O) groups excluding carboxylic acids is 1. The van der Waals surface area contributed by atoms with Crippen LogP contribution in [0.25, 0.3) is 11.3 Å². The monoisotopic (exact) mass is 337 g/mol. The zero-order chi connectivity index (χ0) is 17.8. The van der Waals surface area contributed by atoms with Gasteiger partial charge in [0.25, 0.3) is 5.56 Å². The number of nitrogens with one attached hydrogen (secondary N) is 2. The molecule has 0 saturated heterocycles. The standard InChI is InChI=1S/C18H19N5O2/c1-12(2)15-10-16(21-20-15)19-17(24)11-23-18(25)9-8-14(22-23)13-6-4-3-5-7-13/h3-10,12H,11H2,1-2H3,(H2,19,20,21,24). The molecule has 2 aromatic heterocycles. The van der Waals surface area contributed by atoms with Crippen LogP contribution in [0.2, 0.25) is 0 Å². The van der Waals surface area contributed by atoms with E-state index in [0.717, 1.165) is 15.9 Å². The molecule has 0 atom stereocenters. The van der Waals surface area contributed by atoms with Crippen molar-refractivity contribution in [3.8, 4) is 11.3 Å². The molecule has 3 aromatic rings. The van der Waals surface area contributed by atoms with Crippen LogP contribution in [0.15, 0.2) is 53.3 Å². The minimum absolute atomic E-state index is 0.177. The molecule has 1 aromatic carbocycles. The van der Waals surface area contributed by atoms with Gasteiger partial charge in [0.2, 0.25) is 5.91 Å². The van der Waals surface area contributed by atoms with Crippen molar-refractivity contribution >= 4 is 11.7 Å². The molecule has 0 spiro atoms. The molecule has 7 heteroatoms. The fourth-order valence-electron chi connectivity index (χ4n) is 2.34. The highest BCUT2D eigenvalue weighted by Crippen LogP contribution is 2.15. The minimum Gasteiger partial charge on any atom is -0.308 e. The molecule has 0 saturated carbocycles. The van der Waals surface area contributed by atoms with Crippen LogP contribution in [0.4, 0.5) is 5.82 Å². The first-order valence-corrected chi connectivity index (χ1v) is 8.01. The summed E-state index contributed by atoms with van der Waals surface area (Å²) in [6, 6.07) is 14.3. The van der Waals surface area contributed by atoms with Crippen molar-refractivity contribution in [2.24, 2.45) is 0 Å². The number of hydrogen-bond donors (Lipinski definition) is 2. The first-order valence-electron chi connectivity index (χ1n) is 8.01. The predicted molar refractivity (Wildman–Crippen MR) is 95.2 cm³/mol. The molecule has 0 aliphatic heterocycles. The van der Waals surface area contributed by atoms with Crippen molar-refractivity contribution in [1.82, 2.24) is 20.0 Å². The summed E-state index contributed by atoms with van der Waals surface area (Å²) in [6.45, 7) is 3.87. The summed E-state index contributed by atoms with van der Waals surface area (Å²) in [6.07, 6.45) is 0. The topological polar surface area (TPSA) is 92.7 Å². The Morgan fingerprint density at radius 1 is 1.20 bits per heavy atom. The van der Waals surface area contributed by atoms with Crippen LogP contribution in [0.5, 0.6) is 0 Å². The van der Waals surface area contributed by atoms with Crippen molar-refractivity contribution in [3.63, 3.8) is 0 Å². The fraction of sp³-hybridized carbons (Fsp3) is 0.222. The molecule has 2 heterocycles. The maximum absolute atomic E-state index is 12.2. The van der Waals surface area contributed by atoms with Crippen molar-refractivity contribution in [2.45, 2.75) is 26.3 Å². The molecule has 128 valence electrons. The number of aromatic nitrogens is 4. The Kier molecular flexibility index (Phi) is 4.74. The lowest BCUT2D eigenvalue weighted by Gasteiger charge is -2.07. The molecular formula is C18H19N5O2. The molecule has 25 heavy (non-hydrogen) atoms.